The Morgan fingerprint density at radius 3 is 2.52 bits per heavy atom. The van der Waals surface area contributed by atoms with Crippen molar-refractivity contribution in [1.29, 1.82) is 0 Å². The van der Waals surface area contributed by atoms with Gasteiger partial charge in [-0.25, -0.2) is 0 Å². The molecular weight excluding hydrogens is 281 g/mol. The highest BCUT2D eigenvalue weighted by Gasteiger charge is 2.41. The van der Waals surface area contributed by atoms with Crippen LogP contribution in [0.5, 0.6) is 0 Å². The van der Waals surface area contributed by atoms with E-state index in [0.717, 1.165) is 17.7 Å². The van der Waals surface area contributed by atoms with Gasteiger partial charge in [-0.15, -0.1) is 0 Å². The quantitative estimate of drug-likeness (QED) is 0.902. The van der Waals surface area contributed by atoms with Gasteiger partial charge in [-0.1, -0.05) is 12.1 Å². The van der Waals surface area contributed by atoms with Crippen LogP contribution in [0, 0.1) is 5.92 Å². The zero-order valence-corrected chi connectivity index (χ0v) is 12.1. The molecular formula is C15H19F3N2O. The second-order valence-corrected chi connectivity index (χ2v) is 5.42. The average Bonchev–Trinajstić information content (AvgIpc) is 3.27. The highest BCUT2D eigenvalue weighted by atomic mass is 19.4. The van der Waals surface area contributed by atoms with Gasteiger partial charge in [0.05, 0.1) is 5.56 Å². The smallest absolute Gasteiger partial charge is 0.387 e. The van der Waals surface area contributed by atoms with Crippen LogP contribution in [0.3, 0.4) is 0 Å². The van der Waals surface area contributed by atoms with Crippen molar-refractivity contribution in [3.8, 4) is 0 Å². The maximum Gasteiger partial charge on any atom is 0.406 e. The van der Waals surface area contributed by atoms with E-state index in [-0.39, 0.29) is 11.5 Å². The molecule has 116 valence electrons. The van der Waals surface area contributed by atoms with Crippen molar-refractivity contribution < 1.29 is 18.0 Å². The molecule has 2 rings (SSSR count). The largest absolute Gasteiger partial charge is 0.406 e. The Kier molecular flexibility index (Phi) is 4.44. The van der Waals surface area contributed by atoms with E-state index in [1.165, 1.54) is 0 Å². The number of nitrogens with zero attached hydrogens (tertiary/aromatic N) is 1. The summed E-state index contributed by atoms with van der Waals surface area (Å²) < 4.78 is 38.4. The molecule has 0 aliphatic heterocycles. The number of para-hydroxylation sites is 1. The summed E-state index contributed by atoms with van der Waals surface area (Å²) >= 11 is 0. The molecule has 21 heavy (non-hydrogen) atoms. The first kappa shape index (κ1) is 15.7. The number of anilines is 1. The van der Waals surface area contributed by atoms with Crippen molar-refractivity contribution in [1.82, 2.24) is 4.90 Å². The number of amides is 1. The van der Waals surface area contributed by atoms with Crippen LogP contribution in [0.2, 0.25) is 0 Å². The molecule has 1 fully saturated rings. The third-order valence-corrected chi connectivity index (χ3v) is 3.83. The van der Waals surface area contributed by atoms with Crippen LogP contribution in [-0.2, 0) is 0 Å². The topological polar surface area (TPSA) is 32.3 Å². The lowest BCUT2D eigenvalue weighted by Crippen LogP contribution is -2.45. The van der Waals surface area contributed by atoms with Crippen LogP contribution >= 0.6 is 0 Å². The molecule has 1 atom stereocenters. The molecule has 0 spiro atoms. The van der Waals surface area contributed by atoms with Crippen molar-refractivity contribution in [2.24, 2.45) is 5.92 Å². The molecule has 0 radical (unpaired) electrons. The number of halogens is 3. The molecule has 6 heteroatoms. The molecule has 0 heterocycles. The predicted octanol–water partition coefficient (Wildman–Crippen LogP) is 3.53. The maximum absolute atomic E-state index is 12.8. The Morgan fingerprint density at radius 1 is 1.38 bits per heavy atom. The van der Waals surface area contributed by atoms with Crippen molar-refractivity contribution in [3.05, 3.63) is 29.8 Å². The molecule has 0 saturated heterocycles. The van der Waals surface area contributed by atoms with Gasteiger partial charge in [-0.3, -0.25) is 4.79 Å². The van der Waals surface area contributed by atoms with E-state index in [1.54, 1.807) is 38.2 Å². The summed E-state index contributed by atoms with van der Waals surface area (Å²) in [7, 11) is 1.64. The number of carbonyl (C=O) groups excluding carboxylic acids is 1. The van der Waals surface area contributed by atoms with E-state index >= 15 is 0 Å². The Balaban J connectivity index is 2.28. The molecule has 1 aromatic carbocycles. The highest BCUT2D eigenvalue weighted by molar-refractivity contribution is 5.99. The third kappa shape index (κ3) is 3.89. The fourth-order valence-electron chi connectivity index (χ4n) is 2.47. The normalized spacial score (nSPS) is 16.4. The van der Waals surface area contributed by atoms with Crippen LogP contribution in [0.15, 0.2) is 24.3 Å². The van der Waals surface area contributed by atoms with Crippen LogP contribution in [0.4, 0.5) is 18.9 Å². The third-order valence-electron chi connectivity index (χ3n) is 3.83. The standard InChI is InChI=1S/C15H19F3N2O/c1-10(11-7-8-11)20(9-15(16,17)18)14(21)12-5-3-4-6-13(12)19-2/h3-6,10-11,19H,7-9H2,1-2H3. The number of alkyl halides is 3. The fraction of sp³-hybridized carbons (Fsp3) is 0.533. The summed E-state index contributed by atoms with van der Waals surface area (Å²) in [5.41, 5.74) is 0.814. The van der Waals surface area contributed by atoms with Gasteiger partial charge >= 0.3 is 6.18 Å². The zero-order valence-electron chi connectivity index (χ0n) is 12.1. The highest BCUT2D eigenvalue weighted by Crippen LogP contribution is 2.37. The summed E-state index contributed by atoms with van der Waals surface area (Å²) in [5, 5.41) is 2.85. The summed E-state index contributed by atoms with van der Waals surface area (Å²) in [6.07, 6.45) is -2.62. The minimum absolute atomic E-state index is 0.179. The van der Waals surface area contributed by atoms with E-state index < -0.39 is 24.7 Å². The van der Waals surface area contributed by atoms with Crippen LogP contribution in [-0.4, -0.2) is 36.6 Å². The average molecular weight is 300 g/mol. The Hall–Kier alpha value is -1.72. The Morgan fingerprint density at radius 2 is 2.00 bits per heavy atom. The number of hydrogen-bond acceptors (Lipinski definition) is 2. The van der Waals surface area contributed by atoms with Crippen molar-refractivity contribution >= 4 is 11.6 Å². The Labute approximate surface area is 122 Å². The summed E-state index contributed by atoms with van der Waals surface area (Å²) in [5.74, 6) is -0.394. The first-order chi connectivity index (χ1) is 9.83. The number of carbonyl (C=O) groups is 1. The van der Waals surface area contributed by atoms with Crippen molar-refractivity contribution in [2.75, 3.05) is 18.9 Å². The monoisotopic (exact) mass is 300 g/mol. The SMILES string of the molecule is CNc1ccccc1C(=O)N(CC(F)(F)F)C(C)C1CC1. The van der Waals surface area contributed by atoms with Gasteiger partial charge in [0.2, 0.25) is 0 Å². The maximum atomic E-state index is 12.8. The summed E-state index contributed by atoms with van der Waals surface area (Å²) in [4.78, 5) is 13.5. The first-order valence-electron chi connectivity index (χ1n) is 6.98. The molecule has 1 aliphatic carbocycles. The van der Waals surface area contributed by atoms with Gasteiger partial charge in [0.1, 0.15) is 6.54 Å². The number of rotatable bonds is 5. The number of hydrogen-bond donors (Lipinski definition) is 1. The molecule has 3 nitrogen and oxygen atoms in total. The van der Waals surface area contributed by atoms with Gasteiger partial charge in [-0.05, 0) is 37.8 Å². The zero-order chi connectivity index (χ0) is 15.6. The van der Waals surface area contributed by atoms with Gasteiger partial charge in [0, 0.05) is 18.8 Å². The lowest BCUT2D eigenvalue weighted by atomic mass is 10.1. The van der Waals surface area contributed by atoms with E-state index in [9.17, 15) is 18.0 Å². The molecule has 1 aliphatic rings. The van der Waals surface area contributed by atoms with E-state index in [0.29, 0.717) is 5.69 Å². The van der Waals surface area contributed by atoms with Crippen molar-refractivity contribution in [2.45, 2.75) is 32.0 Å². The van der Waals surface area contributed by atoms with Crippen LogP contribution in [0.25, 0.3) is 0 Å². The number of benzene rings is 1. The lowest BCUT2D eigenvalue weighted by molar-refractivity contribution is -0.144. The minimum atomic E-state index is -4.40. The van der Waals surface area contributed by atoms with Crippen LogP contribution < -0.4 is 5.32 Å². The second kappa shape index (κ2) is 5.95. The molecule has 1 unspecified atom stereocenters. The summed E-state index contributed by atoms with van der Waals surface area (Å²) in [6.45, 7) is 0.491. The van der Waals surface area contributed by atoms with E-state index in [4.69, 9.17) is 0 Å². The molecule has 0 aromatic heterocycles. The molecule has 0 bridgehead atoms. The number of nitrogens with one attached hydrogen (secondary N) is 1. The van der Waals surface area contributed by atoms with Gasteiger partial charge in [0.15, 0.2) is 0 Å². The fourth-order valence-corrected chi connectivity index (χ4v) is 2.47. The molecule has 1 saturated carbocycles. The van der Waals surface area contributed by atoms with Gasteiger partial charge in [-0.2, -0.15) is 13.2 Å². The van der Waals surface area contributed by atoms with E-state index in [1.807, 2.05) is 0 Å². The lowest BCUT2D eigenvalue weighted by Gasteiger charge is -2.31. The van der Waals surface area contributed by atoms with Crippen molar-refractivity contribution in [3.63, 3.8) is 0 Å². The van der Waals surface area contributed by atoms with E-state index in [2.05, 4.69) is 5.32 Å². The van der Waals surface area contributed by atoms with Gasteiger partial charge < -0.3 is 10.2 Å². The van der Waals surface area contributed by atoms with Gasteiger partial charge in [0.25, 0.3) is 5.91 Å². The Bertz CT molecular complexity index is 512. The predicted molar refractivity (Wildman–Crippen MR) is 75.3 cm³/mol. The second-order valence-electron chi connectivity index (χ2n) is 5.42. The summed E-state index contributed by atoms with van der Waals surface area (Å²) in [6, 6.07) is 6.23. The molecule has 1 N–H and O–H groups in total. The van der Waals surface area contributed by atoms with Crippen LogP contribution in [0.1, 0.15) is 30.1 Å². The molecule has 1 amide bonds. The minimum Gasteiger partial charge on any atom is -0.387 e. The first-order valence-corrected chi connectivity index (χ1v) is 6.98. The molecule has 1 aromatic rings.